The Bertz CT molecular complexity index is 578. The van der Waals surface area contributed by atoms with Crippen LogP contribution in [0.4, 0.5) is 19.0 Å². The Morgan fingerprint density at radius 3 is 2.71 bits per heavy atom. The first-order chi connectivity index (χ1) is 7.86. The Morgan fingerprint density at radius 1 is 1.35 bits per heavy atom. The van der Waals surface area contributed by atoms with Crippen LogP contribution in [-0.4, -0.2) is 21.5 Å². The number of anilines is 1. The van der Waals surface area contributed by atoms with Crippen molar-refractivity contribution in [2.45, 2.75) is 6.18 Å². The van der Waals surface area contributed by atoms with Gasteiger partial charge in [-0.3, -0.25) is 4.79 Å². The highest BCUT2D eigenvalue weighted by molar-refractivity contribution is 9.10. The molecule has 1 amide bonds. The number of nitrogens with one attached hydrogen (secondary N) is 1. The Kier molecular flexibility index (Phi) is 2.82. The fourth-order valence-corrected chi connectivity index (χ4v) is 1.56. The van der Waals surface area contributed by atoms with E-state index in [2.05, 4.69) is 20.9 Å². The van der Waals surface area contributed by atoms with E-state index in [4.69, 9.17) is 0 Å². The summed E-state index contributed by atoms with van der Waals surface area (Å²) in [5.74, 6) is -2.19. The number of aromatic nitrogens is 2. The topological polar surface area (TPSA) is 46.4 Å². The Labute approximate surface area is 102 Å². The molecular formula is C9H5BrF3N3O. The normalized spacial score (nSPS) is 11.8. The molecule has 0 saturated heterocycles. The van der Waals surface area contributed by atoms with Gasteiger partial charge in [0.05, 0.1) is 6.20 Å². The first-order valence-electron chi connectivity index (χ1n) is 4.39. The molecule has 0 aliphatic carbocycles. The third-order valence-corrected chi connectivity index (χ3v) is 2.38. The van der Waals surface area contributed by atoms with Crippen LogP contribution >= 0.6 is 15.9 Å². The maximum atomic E-state index is 12.0. The highest BCUT2D eigenvalue weighted by Gasteiger charge is 2.39. The fourth-order valence-electron chi connectivity index (χ4n) is 1.21. The zero-order chi connectivity index (χ0) is 12.6. The predicted octanol–water partition coefficient (Wildman–Crippen LogP) is 2.60. The molecule has 0 radical (unpaired) electrons. The monoisotopic (exact) mass is 307 g/mol. The molecule has 2 rings (SSSR count). The number of pyridine rings is 1. The van der Waals surface area contributed by atoms with Crippen LogP contribution in [0.5, 0.6) is 0 Å². The maximum Gasteiger partial charge on any atom is 0.471 e. The van der Waals surface area contributed by atoms with E-state index >= 15 is 0 Å². The number of nitrogens with zero attached hydrogens (tertiary/aromatic N) is 2. The van der Waals surface area contributed by atoms with E-state index in [-0.39, 0.29) is 5.82 Å². The largest absolute Gasteiger partial charge is 0.471 e. The summed E-state index contributed by atoms with van der Waals surface area (Å²) >= 11 is 3.21. The summed E-state index contributed by atoms with van der Waals surface area (Å²) in [6.07, 6.45) is -2.01. The average molecular weight is 308 g/mol. The van der Waals surface area contributed by atoms with Gasteiger partial charge < -0.3 is 9.72 Å². The first kappa shape index (κ1) is 11.9. The number of hydrogen-bond acceptors (Lipinski definition) is 2. The van der Waals surface area contributed by atoms with Crippen LogP contribution in [0.25, 0.3) is 5.65 Å². The van der Waals surface area contributed by atoms with Crippen molar-refractivity contribution in [2.75, 3.05) is 5.32 Å². The Balaban J connectivity index is 2.29. The minimum absolute atomic E-state index is 0.148. The number of fused-ring (bicyclic) bond motifs is 1. The van der Waals surface area contributed by atoms with Gasteiger partial charge in [-0.15, -0.1) is 0 Å². The van der Waals surface area contributed by atoms with Crippen LogP contribution in [0.1, 0.15) is 0 Å². The van der Waals surface area contributed by atoms with Crippen molar-refractivity contribution in [3.05, 3.63) is 29.0 Å². The molecule has 0 aromatic carbocycles. The second kappa shape index (κ2) is 4.02. The van der Waals surface area contributed by atoms with Crippen LogP contribution in [0.3, 0.4) is 0 Å². The molecule has 0 unspecified atom stereocenters. The van der Waals surface area contributed by atoms with E-state index in [1.54, 1.807) is 23.6 Å². The van der Waals surface area contributed by atoms with Gasteiger partial charge in [0, 0.05) is 10.7 Å². The number of rotatable bonds is 1. The van der Waals surface area contributed by atoms with Gasteiger partial charge in [-0.25, -0.2) is 4.98 Å². The summed E-state index contributed by atoms with van der Waals surface area (Å²) in [6.45, 7) is 0. The van der Waals surface area contributed by atoms with Crippen LogP contribution < -0.4 is 5.32 Å². The van der Waals surface area contributed by atoms with Crippen molar-refractivity contribution in [1.29, 1.82) is 0 Å². The molecule has 17 heavy (non-hydrogen) atoms. The third kappa shape index (κ3) is 2.57. The van der Waals surface area contributed by atoms with Crippen LogP contribution in [0.15, 0.2) is 29.0 Å². The van der Waals surface area contributed by atoms with Gasteiger partial charge in [0.15, 0.2) is 5.82 Å². The van der Waals surface area contributed by atoms with Crippen molar-refractivity contribution < 1.29 is 18.0 Å². The number of carbonyl (C=O) groups excluding carboxylic acids is 1. The molecule has 0 aliphatic heterocycles. The Hall–Kier alpha value is -1.57. The summed E-state index contributed by atoms with van der Waals surface area (Å²) in [6, 6.07) is 3.30. The van der Waals surface area contributed by atoms with Gasteiger partial charge in [-0.05, 0) is 28.1 Å². The number of alkyl halides is 3. The lowest BCUT2D eigenvalue weighted by Gasteiger charge is -2.04. The molecule has 2 aromatic rings. The second-order valence-electron chi connectivity index (χ2n) is 3.19. The minimum Gasteiger partial charge on any atom is -0.304 e. The van der Waals surface area contributed by atoms with Gasteiger partial charge in [0.2, 0.25) is 0 Å². The number of halogens is 4. The molecule has 90 valence electrons. The van der Waals surface area contributed by atoms with E-state index < -0.39 is 12.1 Å². The average Bonchev–Trinajstić information content (AvgIpc) is 2.57. The quantitative estimate of drug-likeness (QED) is 0.880. The molecule has 2 heterocycles. The predicted molar refractivity (Wildman–Crippen MR) is 57.6 cm³/mol. The molecule has 1 N–H and O–H groups in total. The number of amides is 1. The third-order valence-electron chi connectivity index (χ3n) is 1.91. The molecule has 0 atom stereocenters. The number of imidazole rings is 1. The molecule has 8 heteroatoms. The summed E-state index contributed by atoms with van der Waals surface area (Å²) in [5, 5.41) is 1.68. The van der Waals surface area contributed by atoms with Crippen molar-refractivity contribution in [3.8, 4) is 0 Å². The highest BCUT2D eigenvalue weighted by Crippen LogP contribution is 2.19. The highest BCUT2D eigenvalue weighted by atomic mass is 79.9. The van der Waals surface area contributed by atoms with Crippen molar-refractivity contribution >= 4 is 33.3 Å². The maximum absolute atomic E-state index is 12.0. The molecule has 0 aliphatic rings. The van der Waals surface area contributed by atoms with Crippen molar-refractivity contribution in [3.63, 3.8) is 0 Å². The van der Waals surface area contributed by atoms with Gasteiger partial charge >= 0.3 is 12.1 Å². The lowest BCUT2D eigenvalue weighted by Crippen LogP contribution is -2.30. The van der Waals surface area contributed by atoms with Gasteiger partial charge in [-0.2, -0.15) is 13.2 Å². The lowest BCUT2D eigenvalue weighted by atomic mass is 10.5. The molecular weight excluding hydrogens is 303 g/mol. The number of hydrogen-bond donors (Lipinski definition) is 1. The Morgan fingerprint density at radius 2 is 2.06 bits per heavy atom. The van der Waals surface area contributed by atoms with Crippen molar-refractivity contribution in [1.82, 2.24) is 9.38 Å². The van der Waals surface area contributed by atoms with Crippen molar-refractivity contribution in [2.24, 2.45) is 0 Å². The molecule has 2 aromatic heterocycles. The zero-order valence-corrected chi connectivity index (χ0v) is 9.71. The van der Waals surface area contributed by atoms with Crippen LogP contribution in [0, 0.1) is 0 Å². The van der Waals surface area contributed by atoms with E-state index in [1.807, 2.05) is 0 Å². The summed E-state index contributed by atoms with van der Waals surface area (Å²) < 4.78 is 38.2. The molecule has 0 bridgehead atoms. The van der Waals surface area contributed by atoms with E-state index in [0.717, 1.165) is 4.47 Å². The summed E-state index contributed by atoms with van der Waals surface area (Å²) in [5.41, 5.74) is 0.436. The smallest absolute Gasteiger partial charge is 0.304 e. The first-order valence-corrected chi connectivity index (χ1v) is 5.18. The molecule has 0 saturated carbocycles. The molecule has 4 nitrogen and oxygen atoms in total. The second-order valence-corrected chi connectivity index (χ2v) is 4.11. The standard InChI is InChI=1S/C9H5BrF3N3O/c10-5-1-2-7-14-6(4-16(7)3-5)15-8(17)9(11,12)13/h1-4H,(H,15,17). The van der Waals surface area contributed by atoms with E-state index in [0.29, 0.717) is 5.65 Å². The van der Waals surface area contributed by atoms with Crippen LogP contribution in [-0.2, 0) is 4.79 Å². The number of carbonyl (C=O) groups is 1. The van der Waals surface area contributed by atoms with Gasteiger partial charge in [-0.1, -0.05) is 0 Å². The van der Waals surface area contributed by atoms with E-state index in [1.165, 1.54) is 10.6 Å². The lowest BCUT2D eigenvalue weighted by molar-refractivity contribution is -0.167. The van der Waals surface area contributed by atoms with Crippen LogP contribution in [0.2, 0.25) is 0 Å². The minimum atomic E-state index is -4.92. The zero-order valence-electron chi connectivity index (χ0n) is 8.12. The van der Waals surface area contributed by atoms with E-state index in [9.17, 15) is 18.0 Å². The SMILES string of the molecule is O=C(Nc1cn2cc(Br)ccc2n1)C(F)(F)F. The summed E-state index contributed by atoms with van der Waals surface area (Å²) in [7, 11) is 0. The fraction of sp³-hybridized carbons (Fsp3) is 0.111. The molecule has 0 fully saturated rings. The van der Waals surface area contributed by atoms with Gasteiger partial charge in [0.1, 0.15) is 5.65 Å². The molecule has 0 spiro atoms. The summed E-state index contributed by atoms with van der Waals surface area (Å²) in [4.78, 5) is 14.5. The van der Waals surface area contributed by atoms with Gasteiger partial charge in [0.25, 0.3) is 0 Å².